The quantitative estimate of drug-likeness (QED) is 0.665. The molecule has 1 fully saturated rings. The molecule has 0 radical (unpaired) electrons. The first kappa shape index (κ1) is 16.7. The predicted molar refractivity (Wildman–Crippen MR) is 96.0 cm³/mol. The van der Waals surface area contributed by atoms with Gasteiger partial charge in [0.25, 0.3) is 5.91 Å². The van der Waals surface area contributed by atoms with E-state index in [9.17, 15) is 18.0 Å². The summed E-state index contributed by atoms with van der Waals surface area (Å²) in [7, 11) is -3.84. The zero-order valence-electron chi connectivity index (χ0n) is 14.0. The van der Waals surface area contributed by atoms with Crippen LogP contribution in [0, 0.1) is 0 Å². The van der Waals surface area contributed by atoms with Crippen molar-refractivity contribution in [2.45, 2.75) is 28.7 Å². The fourth-order valence-electron chi connectivity index (χ4n) is 3.31. The third-order valence-corrected chi connectivity index (χ3v) is 6.61. The Balaban J connectivity index is 1.82. The highest BCUT2D eigenvalue weighted by atomic mass is 32.2. The molecule has 4 rings (SSSR count). The summed E-state index contributed by atoms with van der Waals surface area (Å²) in [5, 5.41) is 0. The van der Waals surface area contributed by atoms with Gasteiger partial charge >= 0.3 is 0 Å². The molecule has 0 spiro atoms. The zero-order valence-corrected chi connectivity index (χ0v) is 14.8. The minimum atomic E-state index is -3.84. The van der Waals surface area contributed by atoms with E-state index in [0.717, 1.165) is 12.8 Å². The molecule has 0 bridgehead atoms. The molecule has 0 atom stereocenters. The molecule has 2 aromatic carbocycles. The van der Waals surface area contributed by atoms with E-state index >= 15 is 0 Å². The van der Waals surface area contributed by atoms with Gasteiger partial charge in [0.1, 0.15) is 0 Å². The summed E-state index contributed by atoms with van der Waals surface area (Å²) in [4.78, 5) is 27.1. The van der Waals surface area contributed by atoms with Crippen molar-refractivity contribution in [3.8, 4) is 0 Å². The molecule has 5 nitrogen and oxygen atoms in total. The lowest BCUT2D eigenvalue weighted by Crippen LogP contribution is -2.33. The highest BCUT2D eigenvalue weighted by molar-refractivity contribution is 7.91. The molecule has 1 aliphatic carbocycles. The van der Waals surface area contributed by atoms with Gasteiger partial charge in [0, 0.05) is 29.3 Å². The van der Waals surface area contributed by atoms with E-state index in [-0.39, 0.29) is 44.2 Å². The first-order valence-electron chi connectivity index (χ1n) is 8.40. The smallest absolute Gasteiger partial charge is 0.254 e. The molecule has 26 heavy (non-hydrogen) atoms. The Morgan fingerprint density at radius 3 is 2.50 bits per heavy atom. The Labute approximate surface area is 151 Å². The molecule has 1 saturated carbocycles. The Hall–Kier alpha value is -2.73. The number of sulfone groups is 1. The van der Waals surface area contributed by atoms with Gasteiger partial charge in [0.15, 0.2) is 5.78 Å². The summed E-state index contributed by atoms with van der Waals surface area (Å²) in [5.74, 6) is -0.578. The van der Waals surface area contributed by atoms with E-state index < -0.39 is 9.84 Å². The SMILES string of the molecule is C=CCN(C(=O)c1ccc2c(c1)S(=O)(=O)c1ccccc1C2=O)C1CC1. The van der Waals surface area contributed by atoms with Crippen LogP contribution in [0.2, 0.25) is 0 Å². The van der Waals surface area contributed by atoms with Crippen molar-refractivity contribution in [2.75, 3.05) is 6.54 Å². The molecule has 2 aliphatic rings. The highest BCUT2D eigenvalue weighted by Gasteiger charge is 2.36. The van der Waals surface area contributed by atoms with Crippen molar-refractivity contribution < 1.29 is 18.0 Å². The highest BCUT2D eigenvalue weighted by Crippen LogP contribution is 2.35. The zero-order chi connectivity index (χ0) is 18.5. The molecule has 0 N–H and O–H groups in total. The average Bonchev–Trinajstić information content (AvgIpc) is 3.48. The van der Waals surface area contributed by atoms with Crippen LogP contribution in [-0.2, 0) is 9.84 Å². The molecule has 1 amide bonds. The van der Waals surface area contributed by atoms with E-state index in [0.29, 0.717) is 6.54 Å². The monoisotopic (exact) mass is 367 g/mol. The summed E-state index contributed by atoms with van der Waals surface area (Å²) in [6.45, 7) is 4.09. The molecule has 0 saturated heterocycles. The van der Waals surface area contributed by atoms with Crippen LogP contribution in [0.25, 0.3) is 0 Å². The minimum Gasteiger partial charge on any atom is -0.332 e. The maximum absolute atomic E-state index is 13.0. The van der Waals surface area contributed by atoms with Crippen molar-refractivity contribution in [1.82, 2.24) is 4.90 Å². The lowest BCUT2D eigenvalue weighted by molar-refractivity contribution is 0.0762. The van der Waals surface area contributed by atoms with Crippen LogP contribution in [-0.4, -0.2) is 37.6 Å². The second kappa shape index (κ2) is 5.92. The average molecular weight is 367 g/mol. The molecule has 0 aromatic heterocycles. The minimum absolute atomic E-state index is 0.00719. The fourth-order valence-corrected chi connectivity index (χ4v) is 4.98. The van der Waals surface area contributed by atoms with Gasteiger partial charge < -0.3 is 4.90 Å². The molecule has 1 aliphatic heterocycles. The molecule has 132 valence electrons. The molecule has 1 heterocycles. The van der Waals surface area contributed by atoms with Crippen LogP contribution in [0.3, 0.4) is 0 Å². The summed E-state index contributed by atoms with van der Waals surface area (Å²) in [6.07, 6.45) is 3.54. The van der Waals surface area contributed by atoms with Crippen LogP contribution >= 0.6 is 0 Å². The molecular formula is C20H17NO4S. The normalized spacial score (nSPS) is 17.2. The van der Waals surface area contributed by atoms with Gasteiger partial charge in [-0.3, -0.25) is 9.59 Å². The summed E-state index contributed by atoms with van der Waals surface area (Å²) in [6, 6.07) is 10.6. The number of amides is 1. The standard InChI is InChI=1S/C20H17NO4S/c1-2-11-21(14-8-9-14)20(23)13-7-10-16-18(12-13)26(24,25)17-6-4-3-5-15(17)19(16)22/h2-7,10,12,14H,1,8-9,11H2. The van der Waals surface area contributed by atoms with Crippen molar-refractivity contribution in [2.24, 2.45) is 0 Å². The van der Waals surface area contributed by atoms with Gasteiger partial charge in [0.2, 0.25) is 9.84 Å². The van der Waals surface area contributed by atoms with E-state index in [4.69, 9.17) is 0 Å². The van der Waals surface area contributed by atoms with Crippen LogP contribution in [0.1, 0.15) is 39.1 Å². The van der Waals surface area contributed by atoms with E-state index in [1.807, 2.05) is 0 Å². The van der Waals surface area contributed by atoms with Crippen LogP contribution in [0.5, 0.6) is 0 Å². The summed E-state index contributed by atoms with van der Waals surface area (Å²) < 4.78 is 25.9. The second-order valence-corrected chi connectivity index (χ2v) is 8.40. The number of ketones is 1. The number of benzene rings is 2. The van der Waals surface area contributed by atoms with Crippen molar-refractivity contribution in [3.05, 3.63) is 71.8 Å². The first-order chi connectivity index (χ1) is 12.4. The number of carbonyl (C=O) groups is 2. The van der Waals surface area contributed by atoms with Gasteiger partial charge in [-0.25, -0.2) is 8.42 Å². The Kier molecular flexibility index (Phi) is 3.80. The summed E-state index contributed by atoms with van der Waals surface area (Å²) in [5.41, 5.74) is 0.556. The number of fused-ring (bicyclic) bond motifs is 2. The lowest BCUT2D eigenvalue weighted by atomic mass is 10.0. The largest absolute Gasteiger partial charge is 0.332 e. The third-order valence-electron chi connectivity index (χ3n) is 4.76. The van der Waals surface area contributed by atoms with Gasteiger partial charge in [-0.05, 0) is 43.2 Å². The lowest BCUT2D eigenvalue weighted by Gasteiger charge is -2.23. The third kappa shape index (κ3) is 2.49. The maximum atomic E-state index is 13.0. The van der Waals surface area contributed by atoms with E-state index in [1.54, 1.807) is 23.1 Å². The fraction of sp³-hybridized carbons (Fsp3) is 0.200. The van der Waals surface area contributed by atoms with Crippen molar-refractivity contribution in [1.29, 1.82) is 0 Å². The number of hydrogen-bond acceptors (Lipinski definition) is 4. The topological polar surface area (TPSA) is 71.5 Å². The van der Waals surface area contributed by atoms with E-state index in [2.05, 4.69) is 6.58 Å². The van der Waals surface area contributed by atoms with Crippen LogP contribution < -0.4 is 0 Å². The Morgan fingerprint density at radius 1 is 1.12 bits per heavy atom. The van der Waals surface area contributed by atoms with Crippen LogP contribution in [0.15, 0.2) is 64.9 Å². The van der Waals surface area contributed by atoms with E-state index in [1.165, 1.54) is 30.3 Å². The van der Waals surface area contributed by atoms with Gasteiger partial charge in [-0.2, -0.15) is 0 Å². The van der Waals surface area contributed by atoms with Crippen molar-refractivity contribution >= 4 is 21.5 Å². The van der Waals surface area contributed by atoms with Crippen LogP contribution in [0.4, 0.5) is 0 Å². The maximum Gasteiger partial charge on any atom is 0.254 e. The van der Waals surface area contributed by atoms with Gasteiger partial charge in [-0.15, -0.1) is 6.58 Å². The molecule has 2 aromatic rings. The molecule has 6 heteroatoms. The van der Waals surface area contributed by atoms with Gasteiger partial charge in [-0.1, -0.05) is 18.2 Å². The Bertz CT molecular complexity index is 1050. The van der Waals surface area contributed by atoms with Crippen molar-refractivity contribution in [3.63, 3.8) is 0 Å². The number of nitrogens with zero attached hydrogens (tertiary/aromatic N) is 1. The number of rotatable bonds is 4. The predicted octanol–water partition coefficient (Wildman–Crippen LogP) is 2.85. The van der Waals surface area contributed by atoms with Gasteiger partial charge in [0.05, 0.1) is 9.79 Å². The Morgan fingerprint density at radius 2 is 1.81 bits per heavy atom. The molecule has 0 unspecified atom stereocenters. The number of carbonyl (C=O) groups excluding carboxylic acids is 2. The second-order valence-electron chi connectivity index (χ2n) is 6.52. The summed E-state index contributed by atoms with van der Waals surface area (Å²) >= 11 is 0. The first-order valence-corrected chi connectivity index (χ1v) is 9.88. The number of hydrogen-bond donors (Lipinski definition) is 0. The molecular weight excluding hydrogens is 350 g/mol.